The Morgan fingerprint density at radius 1 is 0.828 bits per heavy atom. The molecule has 0 fully saturated rings. The van der Waals surface area contributed by atoms with Crippen molar-refractivity contribution in [2.24, 2.45) is 0 Å². The van der Waals surface area contributed by atoms with Gasteiger partial charge in [0.05, 0.1) is 6.61 Å². The van der Waals surface area contributed by atoms with Crippen molar-refractivity contribution in [1.29, 1.82) is 0 Å². The first-order valence-corrected chi connectivity index (χ1v) is 9.59. The van der Waals surface area contributed by atoms with E-state index in [0.29, 0.717) is 13.2 Å². The van der Waals surface area contributed by atoms with Gasteiger partial charge in [0.25, 0.3) is 0 Å². The van der Waals surface area contributed by atoms with Crippen molar-refractivity contribution >= 4 is 12.0 Å². The molecule has 148 valence electrons. The molecule has 0 aliphatic rings. The molecule has 0 saturated heterocycles. The molecule has 0 amide bonds. The van der Waals surface area contributed by atoms with E-state index in [0.717, 1.165) is 29.7 Å². The summed E-state index contributed by atoms with van der Waals surface area (Å²) < 4.78 is 11.2. The van der Waals surface area contributed by atoms with Gasteiger partial charge >= 0.3 is 5.97 Å². The smallest absolute Gasteiger partial charge is 0.371 e. The topological polar surface area (TPSA) is 55.8 Å². The predicted octanol–water partition coefficient (Wildman–Crippen LogP) is 5.34. The van der Waals surface area contributed by atoms with Gasteiger partial charge in [-0.3, -0.25) is 0 Å². The average Bonchev–Trinajstić information content (AvgIpc) is 2.76. The number of aliphatic carboxylic acids is 1. The molecule has 4 heteroatoms. The minimum Gasteiger partial charge on any atom is -0.489 e. The van der Waals surface area contributed by atoms with Gasteiger partial charge in [-0.25, -0.2) is 4.79 Å². The summed E-state index contributed by atoms with van der Waals surface area (Å²) in [4.78, 5) is 11.5. The molecule has 3 aromatic carbocycles. The van der Waals surface area contributed by atoms with Crippen molar-refractivity contribution in [1.82, 2.24) is 0 Å². The van der Waals surface area contributed by atoms with Gasteiger partial charge in [0.15, 0.2) is 0 Å². The van der Waals surface area contributed by atoms with Crippen LogP contribution < -0.4 is 4.74 Å². The molecule has 0 atom stereocenters. The third kappa shape index (κ3) is 6.85. The Kier molecular flexibility index (Phi) is 7.47. The first kappa shape index (κ1) is 20.2. The van der Waals surface area contributed by atoms with E-state index >= 15 is 0 Å². The molecule has 1 N–H and O–H groups in total. The van der Waals surface area contributed by atoms with Crippen molar-refractivity contribution in [3.63, 3.8) is 0 Å². The van der Waals surface area contributed by atoms with Crippen molar-refractivity contribution in [3.8, 4) is 5.75 Å². The van der Waals surface area contributed by atoms with Crippen LogP contribution in [-0.4, -0.2) is 17.7 Å². The summed E-state index contributed by atoms with van der Waals surface area (Å²) >= 11 is 0. The highest BCUT2D eigenvalue weighted by molar-refractivity contribution is 5.89. The maximum Gasteiger partial charge on any atom is 0.371 e. The zero-order chi connectivity index (χ0) is 20.3. The zero-order valence-corrected chi connectivity index (χ0v) is 16.2. The Balaban J connectivity index is 1.52. The molecule has 0 heterocycles. The van der Waals surface area contributed by atoms with Crippen molar-refractivity contribution in [3.05, 3.63) is 107 Å². The summed E-state index contributed by atoms with van der Waals surface area (Å²) in [6.07, 6.45) is 3.13. The number of rotatable bonds is 10. The molecule has 3 aromatic rings. The number of hydrogen-bond donors (Lipinski definition) is 1. The second-order valence-electron chi connectivity index (χ2n) is 6.59. The molecule has 4 nitrogen and oxygen atoms in total. The highest BCUT2D eigenvalue weighted by atomic mass is 16.5. The van der Waals surface area contributed by atoms with Crippen LogP contribution in [-0.2, 0) is 22.6 Å². The van der Waals surface area contributed by atoms with Crippen LogP contribution >= 0.6 is 0 Å². The van der Waals surface area contributed by atoms with Gasteiger partial charge in [-0.2, -0.15) is 0 Å². The number of carboxylic acids is 1. The van der Waals surface area contributed by atoms with E-state index in [2.05, 4.69) is 12.1 Å². The lowest BCUT2D eigenvalue weighted by molar-refractivity contribution is -0.136. The Bertz CT molecular complexity index is 916. The first-order valence-electron chi connectivity index (χ1n) is 9.59. The lowest BCUT2D eigenvalue weighted by Gasteiger charge is -2.08. The molecule has 0 bridgehead atoms. The van der Waals surface area contributed by atoms with Crippen LogP contribution in [0.5, 0.6) is 5.75 Å². The van der Waals surface area contributed by atoms with Gasteiger partial charge in [0, 0.05) is 0 Å². The monoisotopic (exact) mass is 388 g/mol. The fourth-order valence-corrected chi connectivity index (χ4v) is 2.82. The molecular formula is C25H24O4. The molecule has 29 heavy (non-hydrogen) atoms. The summed E-state index contributed by atoms with van der Waals surface area (Å²) in [6.45, 7) is 0.840. The number of carbonyl (C=O) groups is 1. The van der Waals surface area contributed by atoms with Crippen LogP contribution in [0.1, 0.15) is 23.1 Å². The SMILES string of the molecule is O=C(O)C(=Cc1ccc(OCc2ccccc2)cc1)OCCCc1ccccc1. The number of hydrogen-bond acceptors (Lipinski definition) is 3. The van der Waals surface area contributed by atoms with Crippen LogP contribution in [0.2, 0.25) is 0 Å². The zero-order valence-electron chi connectivity index (χ0n) is 16.2. The average molecular weight is 388 g/mol. The standard InChI is InChI=1S/C25H24O4/c26-25(27)24(28-17-7-12-20-8-3-1-4-9-20)18-21-13-15-23(16-14-21)29-19-22-10-5-2-6-11-22/h1-6,8-11,13-16,18H,7,12,17,19H2,(H,26,27). The maximum absolute atomic E-state index is 11.5. The minimum atomic E-state index is -1.07. The molecule has 0 saturated carbocycles. The van der Waals surface area contributed by atoms with Crippen LogP contribution in [0.3, 0.4) is 0 Å². The molecule has 0 aromatic heterocycles. The lowest BCUT2D eigenvalue weighted by atomic mass is 10.1. The normalized spacial score (nSPS) is 11.1. The first-order chi connectivity index (χ1) is 14.2. The molecular weight excluding hydrogens is 364 g/mol. The van der Waals surface area contributed by atoms with Gasteiger partial charge in [0.1, 0.15) is 12.4 Å². The van der Waals surface area contributed by atoms with Crippen LogP contribution in [0.4, 0.5) is 0 Å². The molecule has 0 aliphatic carbocycles. The summed E-state index contributed by atoms with van der Waals surface area (Å²) in [7, 11) is 0. The van der Waals surface area contributed by atoms with Gasteiger partial charge in [-0.05, 0) is 47.7 Å². The van der Waals surface area contributed by atoms with E-state index in [9.17, 15) is 9.90 Å². The third-order valence-corrected chi connectivity index (χ3v) is 4.35. The second kappa shape index (κ2) is 10.7. The Morgan fingerprint density at radius 3 is 2.07 bits per heavy atom. The molecule has 0 unspecified atom stereocenters. The van der Waals surface area contributed by atoms with Crippen molar-refractivity contribution in [2.45, 2.75) is 19.4 Å². The predicted molar refractivity (Wildman–Crippen MR) is 114 cm³/mol. The molecule has 0 radical (unpaired) electrons. The third-order valence-electron chi connectivity index (χ3n) is 4.35. The van der Waals surface area contributed by atoms with Gasteiger partial charge < -0.3 is 14.6 Å². The van der Waals surface area contributed by atoms with E-state index in [1.54, 1.807) is 0 Å². The Labute approximate surface area is 171 Å². The van der Waals surface area contributed by atoms with Crippen molar-refractivity contribution < 1.29 is 19.4 Å². The van der Waals surface area contributed by atoms with E-state index in [1.807, 2.05) is 72.8 Å². The van der Waals surface area contributed by atoms with E-state index in [1.165, 1.54) is 11.6 Å². The number of aryl methyl sites for hydroxylation is 1. The second-order valence-corrected chi connectivity index (χ2v) is 6.59. The number of ether oxygens (including phenoxy) is 2. The maximum atomic E-state index is 11.5. The highest BCUT2D eigenvalue weighted by Crippen LogP contribution is 2.17. The Hall–Kier alpha value is -3.53. The number of carboxylic acid groups (broad SMARTS) is 1. The van der Waals surface area contributed by atoms with Crippen LogP contribution in [0.25, 0.3) is 6.08 Å². The summed E-state index contributed by atoms with van der Waals surface area (Å²) in [5, 5.41) is 9.40. The van der Waals surface area contributed by atoms with E-state index in [4.69, 9.17) is 9.47 Å². The van der Waals surface area contributed by atoms with Crippen molar-refractivity contribution in [2.75, 3.05) is 6.61 Å². The quantitative estimate of drug-likeness (QED) is 0.289. The highest BCUT2D eigenvalue weighted by Gasteiger charge is 2.09. The largest absolute Gasteiger partial charge is 0.489 e. The molecule has 0 spiro atoms. The summed E-state index contributed by atoms with van der Waals surface area (Å²) in [6, 6.07) is 27.3. The fourth-order valence-electron chi connectivity index (χ4n) is 2.82. The van der Waals surface area contributed by atoms with Gasteiger partial charge in [0.2, 0.25) is 5.76 Å². The Morgan fingerprint density at radius 2 is 1.45 bits per heavy atom. The number of benzene rings is 3. The molecule has 0 aliphatic heterocycles. The minimum absolute atomic E-state index is 0.0592. The van der Waals surface area contributed by atoms with E-state index < -0.39 is 5.97 Å². The summed E-state index contributed by atoms with van der Waals surface area (Å²) in [5.74, 6) is -0.406. The van der Waals surface area contributed by atoms with Gasteiger partial charge in [-0.1, -0.05) is 72.8 Å². The fraction of sp³-hybridized carbons (Fsp3) is 0.160. The van der Waals surface area contributed by atoms with Crippen LogP contribution in [0.15, 0.2) is 90.7 Å². The van der Waals surface area contributed by atoms with Crippen LogP contribution in [0, 0.1) is 0 Å². The lowest BCUT2D eigenvalue weighted by Crippen LogP contribution is -2.06. The molecule has 3 rings (SSSR count). The van der Waals surface area contributed by atoms with E-state index in [-0.39, 0.29) is 5.76 Å². The summed E-state index contributed by atoms with van der Waals surface area (Å²) in [5.41, 5.74) is 3.05. The van der Waals surface area contributed by atoms with Gasteiger partial charge in [-0.15, -0.1) is 0 Å².